The fraction of sp³-hybridized carbons (Fsp3) is 0.800. The quantitative estimate of drug-likeness (QED) is 0.512. The smallest absolute Gasteiger partial charge is 0.150 e. The van der Waals surface area contributed by atoms with Crippen molar-refractivity contribution >= 4 is 11.6 Å². The van der Waals surface area contributed by atoms with Gasteiger partial charge in [-0.25, -0.2) is 0 Å². The molecule has 2 atom stereocenters. The lowest BCUT2D eigenvalue weighted by Gasteiger charge is -2.29. The number of hydrogen-bond acceptors (Lipinski definition) is 2. The van der Waals surface area contributed by atoms with Gasteiger partial charge in [-0.1, -0.05) is 13.8 Å². The maximum Gasteiger partial charge on any atom is 0.150 e. The summed E-state index contributed by atoms with van der Waals surface area (Å²) in [4.78, 5) is 23.1. The summed E-state index contributed by atoms with van der Waals surface area (Å²) in [5, 5.41) is 0. The summed E-state index contributed by atoms with van der Waals surface area (Å²) in [5.74, 6) is 0.365. The molecule has 0 N–H and O–H groups in total. The van der Waals surface area contributed by atoms with Gasteiger partial charge >= 0.3 is 0 Å². The van der Waals surface area contributed by atoms with Crippen molar-refractivity contribution in [3.05, 3.63) is 0 Å². The number of carbonyl (C=O) groups is 2. The Bertz CT molecular complexity index is 278. The Labute approximate surface area is 72.3 Å². The molecule has 12 heavy (non-hydrogen) atoms. The first-order valence-corrected chi connectivity index (χ1v) is 4.45. The van der Waals surface area contributed by atoms with Gasteiger partial charge in [0.25, 0.3) is 0 Å². The predicted octanol–water partition coefficient (Wildman–Crippen LogP) is 1.58. The summed E-state index contributed by atoms with van der Waals surface area (Å²) in [7, 11) is 0. The summed E-state index contributed by atoms with van der Waals surface area (Å²) in [6.45, 7) is 5.99. The van der Waals surface area contributed by atoms with Crippen LogP contribution in [-0.4, -0.2) is 11.6 Å². The van der Waals surface area contributed by atoms with Crippen molar-refractivity contribution in [3.8, 4) is 0 Å². The van der Waals surface area contributed by atoms with Crippen LogP contribution in [0.15, 0.2) is 0 Å². The van der Waals surface area contributed by atoms with Crippen LogP contribution in [0.4, 0.5) is 0 Å². The average Bonchev–Trinajstić information content (AvgIpc) is 2.20. The van der Waals surface area contributed by atoms with Crippen molar-refractivity contribution in [2.45, 2.75) is 33.6 Å². The SMILES string of the molecule is CC12CC(C)(C)C(CC1=O)C2=O. The van der Waals surface area contributed by atoms with E-state index in [1.54, 1.807) is 0 Å². The van der Waals surface area contributed by atoms with E-state index in [0.29, 0.717) is 6.42 Å². The van der Waals surface area contributed by atoms with E-state index in [1.807, 2.05) is 6.92 Å². The van der Waals surface area contributed by atoms with Crippen LogP contribution < -0.4 is 0 Å². The van der Waals surface area contributed by atoms with Gasteiger partial charge in [0.1, 0.15) is 11.6 Å². The molecule has 0 amide bonds. The van der Waals surface area contributed by atoms with E-state index in [9.17, 15) is 9.59 Å². The number of rotatable bonds is 0. The van der Waals surface area contributed by atoms with Crippen molar-refractivity contribution in [1.29, 1.82) is 0 Å². The molecule has 2 unspecified atom stereocenters. The molecule has 0 saturated heterocycles. The van der Waals surface area contributed by atoms with Gasteiger partial charge in [0.2, 0.25) is 0 Å². The molecule has 2 saturated carbocycles. The van der Waals surface area contributed by atoms with Crippen LogP contribution in [0.1, 0.15) is 33.6 Å². The lowest BCUT2D eigenvalue weighted by atomic mass is 9.72. The van der Waals surface area contributed by atoms with Gasteiger partial charge in [0, 0.05) is 12.3 Å². The standard InChI is InChI=1S/C10H14O2/c1-9(2)5-10(3)7(11)4-6(9)8(10)12/h6H,4-5H2,1-3H3. The molecule has 0 aromatic carbocycles. The van der Waals surface area contributed by atoms with Crippen molar-refractivity contribution in [3.63, 3.8) is 0 Å². The van der Waals surface area contributed by atoms with Crippen molar-refractivity contribution in [1.82, 2.24) is 0 Å². The Balaban J connectivity index is 2.49. The topological polar surface area (TPSA) is 34.1 Å². The molecule has 2 bridgehead atoms. The van der Waals surface area contributed by atoms with Crippen LogP contribution in [0.5, 0.6) is 0 Å². The van der Waals surface area contributed by atoms with E-state index >= 15 is 0 Å². The highest BCUT2D eigenvalue weighted by Gasteiger charge is 2.63. The Hall–Kier alpha value is -0.660. The van der Waals surface area contributed by atoms with Crippen LogP contribution in [0.3, 0.4) is 0 Å². The van der Waals surface area contributed by atoms with E-state index in [-0.39, 0.29) is 22.9 Å². The fourth-order valence-corrected chi connectivity index (χ4v) is 2.88. The Morgan fingerprint density at radius 2 is 1.83 bits per heavy atom. The molecule has 0 heterocycles. The van der Waals surface area contributed by atoms with Crippen molar-refractivity contribution < 1.29 is 9.59 Å². The van der Waals surface area contributed by atoms with Crippen LogP contribution in [0.25, 0.3) is 0 Å². The minimum atomic E-state index is -0.617. The summed E-state index contributed by atoms with van der Waals surface area (Å²) in [6.07, 6.45) is 1.24. The molecule has 2 aliphatic rings. The molecule has 0 aromatic heterocycles. The van der Waals surface area contributed by atoms with Crippen molar-refractivity contribution in [2.75, 3.05) is 0 Å². The van der Waals surface area contributed by atoms with E-state index < -0.39 is 5.41 Å². The summed E-state index contributed by atoms with van der Waals surface area (Å²) >= 11 is 0. The molecular weight excluding hydrogens is 152 g/mol. The lowest BCUT2D eigenvalue weighted by Crippen LogP contribution is -2.30. The third kappa shape index (κ3) is 0.661. The maximum absolute atomic E-state index is 11.7. The van der Waals surface area contributed by atoms with E-state index in [2.05, 4.69) is 13.8 Å². The molecular formula is C10H14O2. The third-order valence-electron chi connectivity index (χ3n) is 3.62. The molecule has 2 rings (SSSR count). The van der Waals surface area contributed by atoms with Crippen LogP contribution in [0, 0.1) is 16.7 Å². The minimum absolute atomic E-state index is 0.00926. The van der Waals surface area contributed by atoms with Crippen LogP contribution >= 0.6 is 0 Å². The number of ketones is 2. The van der Waals surface area contributed by atoms with E-state index in [4.69, 9.17) is 0 Å². The van der Waals surface area contributed by atoms with Gasteiger partial charge in [-0.15, -0.1) is 0 Å². The molecule has 2 aliphatic carbocycles. The highest BCUT2D eigenvalue weighted by Crippen LogP contribution is 2.57. The highest BCUT2D eigenvalue weighted by atomic mass is 16.2. The van der Waals surface area contributed by atoms with E-state index in [1.165, 1.54) is 0 Å². The molecule has 66 valence electrons. The largest absolute Gasteiger partial charge is 0.299 e. The fourth-order valence-electron chi connectivity index (χ4n) is 2.88. The molecule has 2 heteroatoms. The molecule has 0 aliphatic heterocycles. The zero-order valence-electron chi connectivity index (χ0n) is 7.81. The van der Waals surface area contributed by atoms with Gasteiger partial charge in [0.15, 0.2) is 0 Å². The predicted molar refractivity (Wildman–Crippen MR) is 44.6 cm³/mol. The second-order valence-electron chi connectivity index (χ2n) is 5.04. The Morgan fingerprint density at radius 1 is 1.25 bits per heavy atom. The second kappa shape index (κ2) is 1.81. The molecule has 2 nitrogen and oxygen atoms in total. The number of hydrogen-bond donors (Lipinski definition) is 0. The first-order chi connectivity index (χ1) is 5.38. The molecule has 2 fully saturated rings. The molecule has 0 aromatic rings. The maximum atomic E-state index is 11.7. The summed E-state index contributed by atoms with van der Waals surface area (Å²) < 4.78 is 0. The third-order valence-corrected chi connectivity index (χ3v) is 3.62. The number of carbonyl (C=O) groups excluding carboxylic acids is 2. The first kappa shape index (κ1) is 7.96. The summed E-state index contributed by atoms with van der Waals surface area (Å²) in [6, 6.07) is 0. The van der Waals surface area contributed by atoms with E-state index in [0.717, 1.165) is 6.42 Å². The second-order valence-corrected chi connectivity index (χ2v) is 5.04. The normalized spacial score (nSPS) is 44.1. The van der Waals surface area contributed by atoms with Gasteiger partial charge < -0.3 is 0 Å². The Morgan fingerprint density at radius 3 is 2.08 bits per heavy atom. The monoisotopic (exact) mass is 166 g/mol. The molecule has 0 spiro atoms. The Kier molecular flexibility index (Phi) is 1.20. The number of fused-ring (bicyclic) bond motifs is 2. The van der Waals surface area contributed by atoms with Gasteiger partial charge in [-0.2, -0.15) is 0 Å². The van der Waals surface area contributed by atoms with Gasteiger partial charge in [0.05, 0.1) is 5.41 Å². The lowest BCUT2D eigenvalue weighted by molar-refractivity contribution is -0.133. The van der Waals surface area contributed by atoms with Crippen LogP contribution in [-0.2, 0) is 9.59 Å². The first-order valence-electron chi connectivity index (χ1n) is 4.45. The van der Waals surface area contributed by atoms with Gasteiger partial charge in [-0.3, -0.25) is 9.59 Å². The average molecular weight is 166 g/mol. The zero-order chi connectivity index (χ0) is 9.15. The van der Waals surface area contributed by atoms with Gasteiger partial charge in [-0.05, 0) is 18.8 Å². The van der Waals surface area contributed by atoms with Crippen molar-refractivity contribution in [2.24, 2.45) is 16.7 Å². The summed E-state index contributed by atoms with van der Waals surface area (Å²) in [5.41, 5.74) is -0.562. The number of Topliss-reactive ketones (excluding diaryl/α,β-unsaturated/α-hetero) is 2. The highest BCUT2D eigenvalue weighted by molar-refractivity contribution is 6.15. The minimum Gasteiger partial charge on any atom is -0.299 e. The zero-order valence-corrected chi connectivity index (χ0v) is 7.81. The molecule has 0 radical (unpaired) electrons. The van der Waals surface area contributed by atoms with Crippen LogP contribution in [0.2, 0.25) is 0 Å².